The van der Waals surface area contributed by atoms with E-state index in [1.807, 2.05) is 6.92 Å². The van der Waals surface area contributed by atoms with Crippen LogP contribution in [-0.4, -0.2) is 35.9 Å². The van der Waals surface area contributed by atoms with Crippen molar-refractivity contribution in [2.75, 3.05) is 13.2 Å². The number of rotatable bonds is 9. The fourth-order valence-corrected chi connectivity index (χ4v) is 3.38. The van der Waals surface area contributed by atoms with E-state index < -0.39 is 6.04 Å². The molecule has 8 heteroatoms. The summed E-state index contributed by atoms with van der Waals surface area (Å²) < 4.78 is 19.4. The Balaban J connectivity index is 2.14. The standard InChI is InChI=1S/C21H23BrClFN2O3/c1-3-10-25-21(28)14(2)26(12-15-4-7-17(24)8-5-15)20(27)13-29-19-9-6-16(23)11-18(19)22/h4-9,11,14H,3,10,12-13H2,1-2H3,(H,25,28)/t14-/m1/s1. The van der Waals surface area contributed by atoms with Crippen LogP contribution in [0.15, 0.2) is 46.9 Å². The second kappa shape index (κ2) is 11.2. The van der Waals surface area contributed by atoms with Crippen LogP contribution in [-0.2, 0) is 16.1 Å². The number of nitrogens with zero attached hydrogens (tertiary/aromatic N) is 1. The van der Waals surface area contributed by atoms with Gasteiger partial charge in [0, 0.05) is 18.1 Å². The molecule has 0 bridgehead atoms. The zero-order valence-electron chi connectivity index (χ0n) is 16.3. The Hall–Kier alpha value is -2.12. The van der Waals surface area contributed by atoms with Crippen molar-refractivity contribution in [1.82, 2.24) is 10.2 Å². The predicted octanol–water partition coefficient (Wildman–Crippen LogP) is 4.56. The molecule has 0 aliphatic rings. The van der Waals surface area contributed by atoms with Crippen molar-refractivity contribution in [2.24, 2.45) is 0 Å². The molecule has 0 aliphatic carbocycles. The molecule has 2 rings (SSSR count). The topological polar surface area (TPSA) is 58.6 Å². The maximum absolute atomic E-state index is 13.2. The molecule has 0 radical (unpaired) electrons. The Morgan fingerprint density at radius 3 is 2.55 bits per heavy atom. The van der Waals surface area contributed by atoms with Gasteiger partial charge in [-0.2, -0.15) is 0 Å². The first kappa shape index (κ1) is 23.2. The molecule has 2 amide bonds. The lowest BCUT2D eigenvalue weighted by atomic mass is 10.1. The number of hydrogen-bond donors (Lipinski definition) is 1. The minimum Gasteiger partial charge on any atom is -0.483 e. The smallest absolute Gasteiger partial charge is 0.261 e. The molecule has 0 aromatic heterocycles. The van der Waals surface area contributed by atoms with Gasteiger partial charge in [0.05, 0.1) is 4.47 Å². The van der Waals surface area contributed by atoms with Gasteiger partial charge < -0.3 is 15.0 Å². The molecule has 0 spiro atoms. The van der Waals surface area contributed by atoms with Gasteiger partial charge in [-0.15, -0.1) is 0 Å². The summed E-state index contributed by atoms with van der Waals surface area (Å²) in [7, 11) is 0. The lowest BCUT2D eigenvalue weighted by Crippen LogP contribution is -2.49. The number of amides is 2. The Morgan fingerprint density at radius 1 is 1.24 bits per heavy atom. The number of benzene rings is 2. The fourth-order valence-electron chi connectivity index (χ4n) is 2.58. The lowest BCUT2D eigenvalue weighted by molar-refractivity contribution is -0.142. The molecule has 0 saturated carbocycles. The minimum atomic E-state index is -0.712. The molecule has 2 aromatic rings. The van der Waals surface area contributed by atoms with E-state index >= 15 is 0 Å². The molecule has 5 nitrogen and oxygen atoms in total. The zero-order valence-corrected chi connectivity index (χ0v) is 18.6. The van der Waals surface area contributed by atoms with Crippen molar-refractivity contribution in [1.29, 1.82) is 0 Å². The molecular formula is C21H23BrClFN2O3. The van der Waals surface area contributed by atoms with E-state index in [1.54, 1.807) is 37.3 Å². The van der Waals surface area contributed by atoms with Crippen LogP contribution in [0.3, 0.4) is 0 Å². The summed E-state index contributed by atoms with van der Waals surface area (Å²) in [6.07, 6.45) is 0.790. The van der Waals surface area contributed by atoms with Crippen molar-refractivity contribution < 1.29 is 18.7 Å². The van der Waals surface area contributed by atoms with Gasteiger partial charge in [0.2, 0.25) is 5.91 Å². The normalized spacial score (nSPS) is 11.6. The van der Waals surface area contributed by atoms with Crippen LogP contribution in [0.1, 0.15) is 25.8 Å². The average molecular weight is 486 g/mol. The fraction of sp³-hybridized carbons (Fsp3) is 0.333. The summed E-state index contributed by atoms with van der Waals surface area (Å²) in [5.41, 5.74) is 0.711. The molecule has 0 heterocycles. The van der Waals surface area contributed by atoms with Crippen LogP contribution in [0, 0.1) is 5.82 Å². The van der Waals surface area contributed by atoms with Gasteiger partial charge in [0.1, 0.15) is 17.6 Å². The number of hydrogen-bond acceptors (Lipinski definition) is 3. The first-order valence-corrected chi connectivity index (χ1v) is 10.4. The molecule has 0 aliphatic heterocycles. The Kier molecular flexibility index (Phi) is 8.92. The van der Waals surface area contributed by atoms with E-state index in [-0.39, 0.29) is 30.8 Å². The van der Waals surface area contributed by atoms with Gasteiger partial charge in [-0.05, 0) is 65.2 Å². The van der Waals surface area contributed by atoms with Crippen molar-refractivity contribution in [3.63, 3.8) is 0 Å². The zero-order chi connectivity index (χ0) is 21.4. The highest BCUT2D eigenvalue weighted by atomic mass is 79.9. The minimum absolute atomic E-state index is 0.158. The molecule has 0 fully saturated rings. The van der Waals surface area contributed by atoms with Crippen LogP contribution in [0.4, 0.5) is 4.39 Å². The van der Waals surface area contributed by atoms with E-state index in [1.165, 1.54) is 17.0 Å². The first-order chi connectivity index (χ1) is 13.8. The third-order valence-corrected chi connectivity index (χ3v) is 5.08. The SMILES string of the molecule is CCCNC(=O)[C@@H](C)N(Cc1ccc(F)cc1)C(=O)COc1ccc(Cl)cc1Br. The van der Waals surface area contributed by atoms with Crippen LogP contribution >= 0.6 is 27.5 Å². The maximum atomic E-state index is 13.2. The predicted molar refractivity (Wildman–Crippen MR) is 114 cm³/mol. The summed E-state index contributed by atoms with van der Waals surface area (Å²) in [6, 6.07) is 10.1. The monoisotopic (exact) mass is 484 g/mol. The molecule has 0 saturated heterocycles. The van der Waals surface area contributed by atoms with Crippen LogP contribution in [0.5, 0.6) is 5.75 Å². The van der Waals surface area contributed by atoms with Gasteiger partial charge in [-0.3, -0.25) is 9.59 Å². The molecule has 2 aromatic carbocycles. The van der Waals surface area contributed by atoms with Gasteiger partial charge in [0.15, 0.2) is 6.61 Å². The lowest BCUT2D eigenvalue weighted by Gasteiger charge is -2.28. The molecule has 1 atom stereocenters. The number of carbonyl (C=O) groups excluding carboxylic acids is 2. The van der Waals surface area contributed by atoms with Crippen molar-refractivity contribution in [3.8, 4) is 5.75 Å². The Morgan fingerprint density at radius 2 is 1.93 bits per heavy atom. The number of nitrogens with one attached hydrogen (secondary N) is 1. The van der Waals surface area contributed by atoms with E-state index in [9.17, 15) is 14.0 Å². The molecule has 156 valence electrons. The molecule has 0 unspecified atom stereocenters. The van der Waals surface area contributed by atoms with Gasteiger partial charge >= 0.3 is 0 Å². The summed E-state index contributed by atoms with van der Waals surface area (Å²) in [5, 5.41) is 3.33. The van der Waals surface area contributed by atoms with Crippen molar-refractivity contribution in [2.45, 2.75) is 32.9 Å². The highest BCUT2D eigenvalue weighted by molar-refractivity contribution is 9.10. The molecular weight excluding hydrogens is 463 g/mol. The summed E-state index contributed by atoms with van der Waals surface area (Å²) >= 11 is 9.26. The Bertz CT molecular complexity index is 848. The highest BCUT2D eigenvalue weighted by Crippen LogP contribution is 2.28. The molecule has 29 heavy (non-hydrogen) atoms. The quantitative estimate of drug-likeness (QED) is 0.566. The van der Waals surface area contributed by atoms with Crippen LogP contribution in [0.25, 0.3) is 0 Å². The molecule has 1 N–H and O–H groups in total. The van der Waals surface area contributed by atoms with Gasteiger partial charge in [-0.1, -0.05) is 30.7 Å². The van der Waals surface area contributed by atoms with E-state index in [0.29, 0.717) is 27.4 Å². The average Bonchev–Trinajstić information content (AvgIpc) is 2.70. The maximum Gasteiger partial charge on any atom is 0.261 e. The van der Waals surface area contributed by atoms with Gasteiger partial charge in [0.25, 0.3) is 5.91 Å². The van der Waals surface area contributed by atoms with Gasteiger partial charge in [-0.25, -0.2) is 4.39 Å². The second-order valence-corrected chi connectivity index (χ2v) is 7.77. The summed E-state index contributed by atoms with van der Waals surface area (Å²) in [6.45, 7) is 4.03. The Labute approximate surface area is 183 Å². The summed E-state index contributed by atoms with van der Waals surface area (Å²) in [4.78, 5) is 26.7. The van der Waals surface area contributed by atoms with Crippen molar-refractivity contribution in [3.05, 3.63) is 63.3 Å². The van der Waals surface area contributed by atoms with E-state index in [4.69, 9.17) is 16.3 Å². The number of halogens is 3. The van der Waals surface area contributed by atoms with E-state index in [0.717, 1.165) is 6.42 Å². The summed E-state index contributed by atoms with van der Waals surface area (Å²) in [5.74, 6) is -0.519. The third kappa shape index (κ3) is 7.01. The number of carbonyl (C=O) groups is 2. The first-order valence-electron chi connectivity index (χ1n) is 9.21. The highest BCUT2D eigenvalue weighted by Gasteiger charge is 2.26. The number of ether oxygens (including phenoxy) is 1. The van der Waals surface area contributed by atoms with Crippen molar-refractivity contribution >= 4 is 39.3 Å². The van der Waals surface area contributed by atoms with Crippen LogP contribution in [0.2, 0.25) is 5.02 Å². The van der Waals surface area contributed by atoms with Crippen LogP contribution < -0.4 is 10.1 Å². The largest absolute Gasteiger partial charge is 0.483 e. The second-order valence-electron chi connectivity index (χ2n) is 6.48. The third-order valence-electron chi connectivity index (χ3n) is 4.23. The van der Waals surface area contributed by atoms with E-state index in [2.05, 4.69) is 21.2 Å².